The van der Waals surface area contributed by atoms with E-state index in [4.69, 9.17) is 10.5 Å². The van der Waals surface area contributed by atoms with Crippen LogP contribution in [0, 0.1) is 34.4 Å². The van der Waals surface area contributed by atoms with Gasteiger partial charge in [-0.05, 0) is 37.1 Å². The molecule has 0 spiro atoms. The van der Waals surface area contributed by atoms with Crippen molar-refractivity contribution >= 4 is 0 Å². The highest BCUT2D eigenvalue weighted by atomic mass is 19.1. The molecule has 0 aromatic heterocycles. The van der Waals surface area contributed by atoms with Crippen molar-refractivity contribution in [1.29, 1.82) is 10.5 Å². The second-order valence-corrected chi connectivity index (χ2v) is 4.63. The molecular formula is C14H14FN3. The van der Waals surface area contributed by atoms with Crippen LogP contribution in [0.25, 0.3) is 0 Å². The second kappa shape index (κ2) is 5.62. The van der Waals surface area contributed by atoms with Crippen molar-refractivity contribution in [2.24, 2.45) is 5.92 Å². The molecule has 1 unspecified atom stereocenters. The Labute approximate surface area is 106 Å². The van der Waals surface area contributed by atoms with E-state index in [1.165, 1.54) is 6.07 Å². The van der Waals surface area contributed by atoms with E-state index in [9.17, 15) is 4.39 Å². The summed E-state index contributed by atoms with van der Waals surface area (Å²) in [6.07, 6.45) is 1.98. The molecular weight excluding hydrogens is 229 g/mol. The molecule has 4 heteroatoms. The lowest BCUT2D eigenvalue weighted by Crippen LogP contribution is -2.34. The number of hydrogen-bond acceptors (Lipinski definition) is 3. The van der Waals surface area contributed by atoms with E-state index >= 15 is 0 Å². The number of halogens is 1. The smallest absolute Gasteiger partial charge is 0.140 e. The highest BCUT2D eigenvalue weighted by Gasteiger charge is 2.19. The van der Waals surface area contributed by atoms with Gasteiger partial charge in [-0.15, -0.1) is 0 Å². The number of benzene rings is 1. The lowest BCUT2D eigenvalue weighted by atomic mass is 9.99. The monoisotopic (exact) mass is 243 g/mol. The van der Waals surface area contributed by atoms with Crippen LogP contribution >= 0.6 is 0 Å². The number of nitriles is 2. The average Bonchev–Trinajstić information content (AvgIpc) is 2.41. The third-order valence-electron chi connectivity index (χ3n) is 3.25. The second-order valence-electron chi connectivity index (χ2n) is 4.63. The highest BCUT2D eigenvalue weighted by molar-refractivity contribution is 5.34. The maximum atomic E-state index is 13.2. The highest BCUT2D eigenvalue weighted by Crippen LogP contribution is 2.18. The molecule has 1 atom stereocenters. The van der Waals surface area contributed by atoms with Gasteiger partial charge < -0.3 is 0 Å². The van der Waals surface area contributed by atoms with Crippen LogP contribution in [0.2, 0.25) is 0 Å². The molecule has 92 valence electrons. The molecule has 1 aromatic rings. The van der Waals surface area contributed by atoms with E-state index in [0.717, 1.165) is 31.5 Å². The van der Waals surface area contributed by atoms with Gasteiger partial charge in [-0.1, -0.05) is 6.07 Å². The van der Waals surface area contributed by atoms with Crippen LogP contribution in [0.1, 0.15) is 24.0 Å². The molecule has 1 aliphatic rings. The fraction of sp³-hybridized carbons (Fsp3) is 0.429. The molecule has 1 heterocycles. The normalized spacial score (nSPS) is 20.1. The van der Waals surface area contributed by atoms with Gasteiger partial charge in [0, 0.05) is 13.1 Å². The summed E-state index contributed by atoms with van der Waals surface area (Å²) in [5.41, 5.74) is 1.01. The summed E-state index contributed by atoms with van der Waals surface area (Å²) in [5.74, 6) is -0.385. The summed E-state index contributed by atoms with van der Waals surface area (Å²) in [7, 11) is 0. The van der Waals surface area contributed by atoms with Crippen LogP contribution in [0.5, 0.6) is 0 Å². The van der Waals surface area contributed by atoms with Crippen LogP contribution < -0.4 is 0 Å². The molecule has 0 amide bonds. The molecule has 1 saturated heterocycles. The van der Waals surface area contributed by atoms with Crippen molar-refractivity contribution in [1.82, 2.24) is 4.90 Å². The van der Waals surface area contributed by atoms with Crippen molar-refractivity contribution < 1.29 is 4.39 Å². The number of nitrogens with zero attached hydrogens (tertiary/aromatic N) is 3. The summed E-state index contributed by atoms with van der Waals surface area (Å²) < 4.78 is 13.2. The van der Waals surface area contributed by atoms with Gasteiger partial charge in [0.05, 0.1) is 17.6 Å². The minimum Gasteiger partial charge on any atom is -0.298 e. The zero-order valence-electron chi connectivity index (χ0n) is 10.1. The zero-order valence-corrected chi connectivity index (χ0v) is 10.1. The van der Waals surface area contributed by atoms with Crippen LogP contribution in [0.15, 0.2) is 18.2 Å². The number of hydrogen-bond donors (Lipinski definition) is 0. The molecule has 1 aromatic carbocycles. The van der Waals surface area contributed by atoms with Crippen molar-refractivity contribution in [3.63, 3.8) is 0 Å². The van der Waals surface area contributed by atoms with Gasteiger partial charge in [0.25, 0.3) is 0 Å². The van der Waals surface area contributed by atoms with E-state index in [1.807, 2.05) is 6.07 Å². The summed E-state index contributed by atoms with van der Waals surface area (Å²) in [6, 6.07) is 8.77. The molecule has 18 heavy (non-hydrogen) atoms. The average molecular weight is 243 g/mol. The fourth-order valence-electron chi connectivity index (χ4n) is 2.32. The van der Waals surface area contributed by atoms with E-state index in [2.05, 4.69) is 11.0 Å². The summed E-state index contributed by atoms with van der Waals surface area (Å²) >= 11 is 0. The van der Waals surface area contributed by atoms with E-state index in [1.54, 1.807) is 12.1 Å². The van der Waals surface area contributed by atoms with Gasteiger partial charge in [-0.25, -0.2) is 4.39 Å². The Balaban J connectivity index is 2.06. The van der Waals surface area contributed by atoms with Crippen molar-refractivity contribution in [2.75, 3.05) is 13.1 Å². The maximum Gasteiger partial charge on any atom is 0.140 e. The first-order chi connectivity index (χ1) is 8.72. The summed E-state index contributed by atoms with van der Waals surface area (Å²) in [6.45, 7) is 2.39. The van der Waals surface area contributed by atoms with Crippen LogP contribution in [-0.2, 0) is 6.54 Å². The van der Waals surface area contributed by atoms with E-state index in [0.29, 0.717) is 6.54 Å². The first kappa shape index (κ1) is 12.5. The Bertz CT molecular complexity index is 513. The lowest BCUT2D eigenvalue weighted by molar-refractivity contribution is 0.192. The van der Waals surface area contributed by atoms with E-state index in [-0.39, 0.29) is 11.5 Å². The first-order valence-electron chi connectivity index (χ1n) is 6.03. The van der Waals surface area contributed by atoms with Crippen LogP contribution in [0.4, 0.5) is 4.39 Å². The largest absolute Gasteiger partial charge is 0.298 e. The fourth-order valence-corrected chi connectivity index (χ4v) is 2.32. The van der Waals surface area contributed by atoms with Gasteiger partial charge in [0.1, 0.15) is 11.9 Å². The first-order valence-corrected chi connectivity index (χ1v) is 6.03. The topological polar surface area (TPSA) is 50.8 Å². The van der Waals surface area contributed by atoms with Gasteiger partial charge in [-0.3, -0.25) is 4.90 Å². The van der Waals surface area contributed by atoms with Gasteiger partial charge in [-0.2, -0.15) is 10.5 Å². The van der Waals surface area contributed by atoms with Crippen LogP contribution in [0.3, 0.4) is 0 Å². The Morgan fingerprint density at radius 1 is 1.39 bits per heavy atom. The predicted molar refractivity (Wildman–Crippen MR) is 64.7 cm³/mol. The standard InChI is InChI=1S/C14H14FN3/c15-14-4-3-11(6-13(14)8-17)9-18-5-1-2-12(7-16)10-18/h3-4,6,12H,1-2,5,9-10H2. The molecule has 1 aliphatic heterocycles. The number of likely N-dealkylation sites (tertiary alicyclic amines) is 1. The molecule has 0 aliphatic carbocycles. The van der Waals surface area contributed by atoms with Gasteiger partial charge >= 0.3 is 0 Å². The Hall–Kier alpha value is -1.91. The van der Waals surface area contributed by atoms with Crippen molar-refractivity contribution in [2.45, 2.75) is 19.4 Å². The SMILES string of the molecule is N#Cc1cc(CN2CCCC(C#N)C2)ccc1F. The lowest BCUT2D eigenvalue weighted by Gasteiger charge is -2.29. The molecule has 0 radical (unpaired) electrons. The molecule has 0 bridgehead atoms. The molecule has 3 nitrogen and oxygen atoms in total. The van der Waals surface area contributed by atoms with Crippen molar-refractivity contribution in [3.8, 4) is 12.1 Å². The van der Waals surface area contributed by atoms with Gasteiger partial charge in [0.2, 0.25) is 0 Å². The Morgan fingerprint density at radius 2 is 2.22 bits per heavy atom. The van der Waals surface area contributed by atoms with Crippen LogP contribution in [-0.4, -0.2) is 18.0 Å². The minimum absolute atomic E-state index is 0.0846. The quantitative estimate of drug-likeness (QED) is 0.801. The Morgan fingerprint density at radius 3 is 2.94 bits per heavy atom. The minimum atomic E-state index is -0.477. The predicted octanol–water partition coefficient (Wildman–Crippen LogP) is 2.43. The van der Waals surface area contributed by atoms with Gasteiger partial charge in [0.15, 0.2) is 0 Å². The molecule has 2 rings (SSSR count). The Kier molecular flexibility index (Phi) is 3.92. The molecule has 0 saturated carbocycles. The third-order valence-corrected chi connectivity index (χ3v) is 3.25. The number of piperidine rings is 1. The maximum absolute atomic E-state index is 13.2. The van der Waals surface area contributed by atoms with Crippen molar-refractivity contribution in [3.05, 3.63) is 35.1 Å². The van der Waals surface area contributed by atoms with E-state index < -0.39 is 5.82 Å². The summed E-state index contributed by atoms with van der Waals surface area (Å²) in [4.78, 5) is 2.19. The number of rotatable bonds is 2. The zero-order chi connectivity index (χ0) is 13.0. The third kappa shape index (κ3) is 2.85. The summed E-state index contributed by atoms with van der Waals surface area (Å²) in [5, 5.41) is 17.7. The molecule has 0 N–H and O–H groups in total. The molecule has 1 fully saturated rings.